The highest BCUT2D eigenvalue weighted by molar-refractivity contribution is 14.1. The van der Waals surface area contributed by atoms with Crippen molar-refractivity contribution >= 4 is 34.8 Å². The van der Waals surface area contributed by atoms with Crippen LogP contribution in [-0.4, -0.2) is 19.5 Å². The third-order valence-corrected chi connectivity index (χ3v) is 0.734. The van der Waals surface area contributed by atoms with Gasteiger partial charge in [0, 0.05) is 7.11 Å². The Balaban J connectivity index is 2.54. The molecular formula is CH3B2IO. The molecule has 0 atom stereocenters. The summed E-state index contributed by atoms with van der Waals surface area (Å²) in [6, 6.07) is 0. The van der Waals surface area contributed by atoms with Gasteiger partial charge in [0.1, 0.15) is 0 Å². The molecule has 1 nitrogen and oxygen atoms in total. The van der Waals surface area contributed by atoms with Crippen molar-refractivity contribution < 1.29 is 4.65 Å². The third-order valence-electron chi connectivity index (χ3n) is 0.225. The molecule has 0 aliphatic carbocycles. The standard InChI is InChI=1S/CH3B2IO/c1-5-3(2)4/h1H3. The molecule has 0 aliphatic heterocycles. The summed E-state index contributed by atoms with van der Waals surface area (Å²) < 4.78 is 4.37. The highest BCUT2D eigenvalue weighted by Crippen LogP contribution is 1.84. The third kappa shape index (κ3) is 4.82. The summed E-state index contributed by atoms with van der Waals surface area (Å²) in [7, 11) is 6.62. The normalized spacial score (nSPS) is 7.60. The van der Waals surface area contributed by atoms with Crippen LogP contribution in [0, 0.1) is 0 Å². The Morgan fingerprint density at radius 1 is 2.00 bits per heavy atom. The first-order valence-corrected chi connectivity index (χ1v) is 2.44. The van der Waals surface area contributed by atoms with Crippen LogP contribution in [0.25, 0.3) is 0 Å². The maximum Gasteiger partial charge on any atom is 0.305 e. The van der Waals surface area contributed by atoms with E-state index < -0.39 is 0 Å². The number of hydrogen-bond donors (Lipinski definition) is 0. The van der Waals surface area contributed by atoms with Crippen LogP contribution in [0.2, 0.25) is 0 Å². The number of hydrogen-bond acceptors (Lipinski definition) is 1. The molecule has 2 radical (unpaired) electrons. The first-order chi connectivity index (χ1) is 2.27. The Morgan fingerprint density at radius 2 is 2.20 bits per heavy atom. The van der Waals surface area contributed by atoms with E-state index in [0.29, 0.717) is 0 Å². The topological polar surface area (TPSA) is 9.23 Å². The van der Waals surface area contributed by atoms with Gasteiger partial charge in [-0.2, -0.15) is 0 Å². The van der Waals surface area contributed by atoms with Crippen LogP contribution in [-0.2, 0) is 4.65 Å². The summed E-state index contributed by atoms with van der Waals surface area (Å²) >= 11 is 1.96. The van der Waals surface area contributed by atoms with Crippen LogP contribution >= 0.6 is 22.4 Å². The molecule has 0 saturated heterocycles. The van der Waals surface area contributed by atoms with E-state index in [0.717, 1.165) is 0 Å². The molecule has 4 heteroatoms. The zero-order chi connectivity index (χ0) is 4.28. The van der Waals surface area contributed by atoms with E-state index in [1.165, 1.54) is 0 Å². The minimum Gasteiger partial charge on any atom is -0.437 e. The molecule has 0 aromatic carbocycles. The van der Waals surface area contributed by atoms with Crippen LogP contribution in [0.5, 0.6) is 0 Å². The van der Waals surface area contributed by atoms with E-state index in [4.69, 9.17) is 7.74 Å². The van der Waals surface area contributed by atoms with Gasteiger partial charge in [0.25, 0.3) is 0 Å². The lowest BCUT2D eigenvalue weighted by atomic mass is 9.72. The van der Waals surface area contributed by atoms with E-state index in [1.54, 1.807) is 7.11 Å². The van der Waals surface area contributed by atoms with Crippen molar-refractivity contribution in [2.24, 2.45) is 0 Å². The maximum absolute atomic E-state index is 5.06. The quantitative estimate of drug-likeness (QED) is 0.414. The number of rotatable bonds is 1. The van der Waals surface area contributed by atoms with Crippen molar-refractivity contribution in [3.05, 3.63) is 0 Å². The van der Waals surface area contributed by atoms with Gasteiger partial charge in [0.05, 0.1) is 7.74 Å². The summed E-state index contributed by atoms with van der Waals surface area (Å²) in [5.74, 6) is 0. The Morgan fingerprint density at radius 3 is 2.20 bits per heavy atom. The lowest BCUT2D eigenvalue weighted by Gasteiger charge is -1.87. The van der Waals surface area contributed by atoms with Crippen LogP contribution < -0.4 is 0 Å². The fraction of sp³-hybridized carbons (Fsp3) is 1.00. The van der Waals surface area contributed by atoms with E-state index in [2.05, 4.69) is 4.65 Å². The van der Waals surface area contributed by atoms with Gasteiger partial charge in [-0.15, -0.1) is 22.4 Å². The Labute approximate surface area is 46.8 Å². The predicted molar refractivity (Wildman–Crippen MR) is 32.5 cm³/mol. The molecule has 0 aromatic heterocycles. The Hall–Kier alpha value is 0.820. The van der Waals surface area contributed by atoms with Crippen molar-refractivity contribution in [3.8, 4) is 0 Å². The van der Waals surface area contributed by atoms with E-state index in [1.807, 2.05) is 22.4 Å². The lowest BCUT2D eigenvalue weighted by molar-refractivity contribution is 0.452. The molecule has 0 N–H and O–H groups in total. The zero-order valence-corrected chi connectivity index (χ0v) is 5.10. The second-order valence-corrected chi connectivity index (χ2v) is 1.81. The summed E-state index contributed by atoms with van der Waals surface area (Å²) in [6.07, 6.45) is 0. The van der Waals surface area contributed by atoms with Gasteiger partial charge in [-0.3, -0.25) is 0 Å². The fourth-order valence-electron chi connectivity index (χ4n) is 0. The maximum atomic E-state index is 5.06. The monoisotopic (exact) mass is 180 g/mol. The second-order valence-electron chi connectivity index (χ2n) is 0.587. The highest BCUT2D eigenvalue weighted by Gasteiger charge is 1.90. The molecule has 0 fully saturated rings. The predicted octanol–water partition coefficient (Wildman–Crippen LogP) is 0.221. The van der Waals surface area contributed by atoms with Crippen LogP contribution in [0.15, 0.2) is 0 Å². The molecule has 0 bridgehead atoms. The molecule has 0 heterocycles. The molecule has 0 unspecified atom stereocenters. The number of halogens is 1. The zero-order valence-electron chi connectivity index (χ0n) is 2.94. The minimum absolute atomic E-state index is 0.146. The first kappa shape index (κ1) is 5.82. The fourth-order valence-corrected chi connectivity index (χ4v) is 0. The smallest absolute Gasteiger partial charge is 0.305 e. The van der Waals surface area contributed by atoms with Gasteiger partial charge in [-0.05, 0) is 0 Å². The average Bonchev–Trinajstić information content (AvgIpc) is 1.38. The summed E-state index contributed by atoms with van der Waals surface area (Å²) in [5, 5.41) is 0. The minimum atomic E-state index is -0.146. The molecule has 5 heavy (non-hydrogen) atoms. The first-order valence-electron chi connectivity index (χ1n) is 1.20. The van der Waals surface area contributed by atoms with Crippen molar-refractivity contribution in [2.45, 2.75) is 0 Å². The molecule has 0 amide bonds. The molecule has 0 aliphatic rings. The Bertz CT molecular complexity index is 23.6. The largest absolute Gasteiger partial charge is 0.437 e. The molecule has 0 rings (SSSR count). The molecule has 0 saturated carbocycles. The summed E-state index contributed by atoms with van der Waals surface area (Å²) in [4.78, 5) is 0. The van der Waals surface area contributed by atoms with Crippen molar-refractivity contribution in [2.75, 3.05) is 7.11 Å². The van der Waals surface area contributed by atoms with Crippen LogP contribution in [0.3, 0.4) is 0 Å². The van der Waals surface area contributed by atoms with Gasteiger partial charge in [0.2, 0.25) is 0 Å². The lowest BCUT2D eigenvalue weighted by Crippen LogP contribution is -2.03. The summed E-state index contributed by atoms with van der Waals surface area (Å²) in [6.45, 7) is 0. The van der Waals surface area contributed by atoms with Crippen LogP contribution in [0.4, 0.5) is 0 Å². The van der Waals surface area contributed by atoms with Crippen molar-refractivity contribution in [3.63, 3.8) is 0 Å². The average molecular weight is 180 g/mol. The Kier molecular flexibility index (Phi) is 3.52. The van der Waals surface area contributed by atoms with Gasteiger partial charge < -0.3 is 4.65 Å². The van der Waals surface area contributed by atoms with E-state index in [-0.39, 0.29) is 4.66 Å². The molecular weight excluding hydrogens is 177 g/mol. The van der Waals surface area contributed by atoms with Gasteiger partial charge >= 0.3 is 4.66 Å². The second kappa shape index (κ2) is 3.03. The van der Waals surface area contributed by atoms with E-state index >= 15 is 0 Å². The van der Waals surface area contributed by atoms with Crippen LogP contribution in [0.1, 0.15) is 0 Å². The van der Waals surface area contributed by atoms with Crippen molar-refractivity contribution in [1.82, 2.24) is 0 Å². The molecule has 0 spiro atoms. The van der Waals surface area contributed by atoms with Gasteiger partial charge in [-0.1, -0.05) is 0 Å². The van der Waals surface area contributed by atoms with E-state index in [9.17, 15) is 0 Å². The summed E-state index contributed by atoms with van der Waals surface area (Å²) in [5.41, 5.74) is 0. The molecule has 0 aromatic rings. The van der Waals surface area contributed by atoms with Gasteiger partial charge in [0.15, 0.2) is 0 Å². The molecule has 26 valence electrons. The van der Waals surface area contributed by atoms with Crippen molar-refractivity contribution in [1.29, 1.82) is 0 Å². The highest BCUT2D eigenvalue weighted by atomic mass is 127. The SMILES string of the molecule is [B]B(I)OC. The van der Waals surface area contributed by atoms with Gasteiger partial charge in [-0.25, -0.2) is 0 Å².